The van der Waals surface area contributed by atoms with Gasteiger partial charge < -0.3 is 4.90 Å². The van der Waals surface area contributed by atoms with Gasteiger partial charge in [0.1, 0.15) is 11.9 Å². The molecule has 2 heterocycles. The second-order valence-electron chi connectivity index (χ2n) is 5.42. The molecule has 3 rings (SSSR count). The number of nitriles is 1. The van der Waals surface area contributed by atoms with Crippen molar-refractivity contribution >= 4 is 5.82 Å². The van der Waals surface area contributed by atoms with Gasteiger partial charge in [-0.2, -0.15) is 5.26 Å². The van der Waals surface area contributed by atoms with Gasteiger partial charge in [0.25, 0.3) is 0 Å². The molecule has 0 unspecified atom stereocenters. The molecule has 2 fully saturated rings. The monoisotopic (exact) mass is 227 g/mol. The van der Waals surface area contributed by atoms with Crippen molar-refractivity contribution in [2.75, 3.05) is 18.0 Å². The van der Waals surface area contributed by atoms with Crippen molar-refractivity contribution in [2.45, 2.75) is 32.6 Å². The molecule has 1 aromatic rings. The number of nitrogens with zero attached hydrogens (tertiary/aromatic N) is 3. The van der Waals surface area contributed by atoms with Crippen LogP contribution in [-0.4, -0.2) is 18.1 Å². The Morgan fingerprint density at radius 2 is 1.94 bits per heavy atom. The van der Waals surface area contributed by atoms with Gasteiger partial charge in [0, 0.05) is 18.8 Å². The van der Waals surface area contributed by atoms with Crippen LogP contribution in [0.4, 0.5) is 5.82 Å². The lowest BCUT2D eigenvalue weighted by atomic mass is 9.93. The highest BCUT2D eigenvalue weighted by atomic mass is 15.2. The van der Waals surface area contributed by atoms with E-state index in [-0.39, 0.29) is 0 Å². The molecule has 0 amide bonds. The summed E-state index contributed by atoms with van der Waals surface area (Å²) in [5, 5.41) is 9.14. The molecule has 0 aromatic carbocycles. The smallest absolute Gasteiger partial charge is 0.146 e. The van der Waals surface area contributed by atoms with Crippen LogP contribution in [0.2, 0.25) is 0 Å². The average molecular weight is 227 g/mol. The molecule has 0 bridgehead atoms. The minimum atomic E-state index is 0.674. The molecule has 2 aliphatic rings. The van der Waals surface area contributed by atoms with Crippen molar-refractivity contribution in [1.29, 1.82) is 5.26 Å². The van der Waals surface area contributed by atoms with Gasteiger partial charge in [-0.1, -0.05) is 0 Å². The molecular formula is C14H17N3. The van der Waals surface area contributed by atoms with E-state index in [9.17, 15) is 0 Å². The first-order valence-electron chi connectivity index (χ1n) is 6.35. The van der Waals surface area contributed by atoms with Crippen LogP contribution in [0, 0.1) is 23.7 Å². The first kappa shape index (κ1) is 10.6. The van der Waals surface area contributed by atoms with E-state index in [0.29, 0.717) is 11.0 Å². The number of hydrogen-bond donors (Lipinski definition) is 0. The minimum Gasteiger partial charge on any atom is -0.355 e. The summed E-state index contributed by atoms with van der Waals surface area (Å²) in [4.78, 5) is 6.83. The Balaban J connectivity index is 1.84. The summed E-state index contributed by atoms with van der Waals surface area (Å²) >= 11 is 0. The lowest BCUT2D eigenvalue weighted by molar-refractivity contribution is 0.383. The fraction of sp³-hybridized carbons (Fsp3) is 0.571. The Labute approximate surface area is 102 Å². The summed E-state index contributed by atoms with van der Waals surface area (Å²) in [5.74, 6) is 0.892. The van der Waals surface area contributed by atoms with Gasteiger partial charge in [0.05, 0.1) is 5.56 Å². The first-order valence-corrected chi connectivity index (χ1v) is 6.35. The largest absolute Gasteiger partial charge is 0.355 e. The maximum absolute atomic E-state index is 9.14. The molecule has 1 spiro atoms. The van der Waals surface area contributed by atoms with E-state index in [0.717, 1.165) is 24.6 Å². The predicted octanol–water partition coefficient (Wildman–Crippen LogP) is 2.64. The maximum atomic E-state index is 9.14. The molecule has 88 valence electrons. The summed E-state index contributed by atoms with van der Waals surface area (Å²) < 4.78 is 0. The van der Waals surface area contributed by atoms with E-state index in [4.69, 9.17) is 5.26 Å². The molecule has 0 atom stereocenters. The zero-order valence-electron chi connectivity index (χ0n) is 10.2. The number of hydrogen-bond acceptors (Lipinski definition) is 3. The Kier molecular flexibility index (Phi) is 2.32. The molecule has 3 heteroatoms. The fourth-order valence-electron chi connectivity index (χ4n) is 2.74. The third-order valence-corrected chi connectivity index (χ3v) is 4.22. The second kappa shape index (κ2) is 3.73. The van der Waals surface area contributed by atoms with Gasteiger partial charge in [-0.25, -0.2) is 4.98 Å². The maximum Gasteiger partial charge on any atom is 0.146 e. The molecule has 1 saturated carbocycles. The first-order chi connectivity index (χ1) is 8.22. The lowest BCUT2D eigenvalue weighted by Gasteiger charge is -2.33. The predicted molar refractivity (Wildman–Crippen MR) is 66.8 cm³/mol. The Hall–Kier alpha value is -1.56. The van der Waals surface area contributed by atoms with Crippen LogP contribution in [0.3, 0.4) is 0 Å². The van der Waals surface area contributed by atoms with E-state index in [1.165, 1.54) is 25.7 Å². The van der Waals surface area contributed by atoms with Crippen molar-refractivity contribution in [3.63, 3.8) is 0 Å². The Bertz CT molecular complexity index is 473. The van der Waals surface area contributed by atoms with Crippen molar-refractivity contribution in [3.8, 4) is 6.07 Å². The van der Waals surface area contributed by atoms with Gasteiger partial charge >= 0.3 is 0 Å². The SMILES string of the molecule is Cc1ccc(C#N)c(N2CCC3(CC2)CC3)n1. The number of rotatable bonds is 1. The van der Waals surface area contributed by atoms with E-state index in [1.54, 1.807) is 0 Å². The van der Waals surface area contributed by atoms with Crippen molar-refractivity contribution in [3.05, 3.63) is 23.4 Å². The minimum absolute atomic E-state index is 0.674. The van der Waals surface area contributed by atoms with Gasteiger partial charge in [0.15, 0.2) is 0 Å². The van der Waals surface area contributed by atoms with Crippen LogP contribution in [0.1, 0.15) is 36.9 Å². The molecule has 17 heavy (non-hydrogen) atoms. The molecule has 0 N–H and O–H groups in total. The number of aromatic nitrogens is 1. The lowest BCUT2D eigenvalue weighted by Crippen LogP contribution is -2.35. The topological polar surface area (TPSA) is 39.9 Å². The Morgan fingerprint density at radius 3 is 2.53 bits per heavy atom. The molecular weight excluding hydrogens is 210 g/mol. The van der Waals surface area contributed by atoms with Crippen LogP contribution in [0.25, 0.3) is 0 Å². The highest BCUT2D eigenvalue weighted by Gasteiger charge is 2.44. The highest BCUT2D eigenvalue weighted by molar-refractivity contribution is 5.54. The van der Waals surface area contributed by atoms with Crippen LogP contribution < -0.4 is 4.90 Å². The normalized spacial score (nSPS) is 21.3. The van der Waals surface area contributed by atoms with E-state index < -0.39 is 0 Å². The third-order valence-electron chi connectivity index (χ3n) is 4.22. The van der Waals surface area contributed by atoms with Crippen molar-refractivity contribution < 1.29 is 0 Å². The van der Waals surface area contributed by atoms with Crippen molar-refractivity contribution in [2.24, 2.45) is 5.41 Å². The van der Waals surface area contributed by atoms with Gasteiger partial charge in [-0.3, -0.25) is 0 Å². The molecule has 1 aliphatic heterocycles. The average Bonchev–Trinajstić information content (AvgIpc) is 3.10. The summed E-state index contributed by atoms with van der Waals surface area (Å²) in [5.41, 5.74) is 2.38. The van der Waals surface area contributed by atoms with Gasteiger partial charge in [0.2, 0.25) is 0 Å². The summed E-state index contributed by atoms with van der Waals surface area (Å²) in [7, 11) is 0. The molecule has 1 saturated heterocycles. The summed E-state index contributed by atoms with van der Waals surface area (Å²) in [6.45, 7) is 4.10. The summed E-state index contributed by atoms with van der Waals surface area (Å²) in [6.07, 6.45) is 5.36. The quantitative estimate of drug-likeness (QED) is 0.740. The number of anilines is 1. The van der Waals surface area contributed by atoms with E-state index in [1.807, 2.05) is 19.1 Å². The third kappa shape index (κ3) is 1.88. The molecule has 1 aliphatic carbocycles. The zero-order valence-corrected chi connectivity index (χ0v) is 10.2. The van der Waals surface area contributed by atoms with E-state index in [2.05, 4.69) is 16.0 Å². The van der Waals surface area contributed by atoms with Gasteiger partial charge in [-0.05, 0) is 50.2 Å². The Morgan fingerprint density at radius 1 is 1.24 bits per heavy atom. The molecule has 1 aromatic heterocycles. The number of piperidine rings is 1. The van der Waals surface area contributed by atoms with Crippen LogP contribution in [0.15, 0.2) is 12.1 Å². The molecule has 0 radical (unpaired) electrons. The fourth-order valence-corrected chi connectivity index (χ4v) is 2.74. The number of pyridine rings is 1. The highest BCUT2D eigenvalue weighted by Crippen LogP contribution is 2.53. The van der Waals surface area contributed by atoms with Gasteiger partial charge in [-0.15, -0.1) is 0 Å². The van der Waals surface area contributed by atoms with Crippen molar-refractivity contribution in [1.82, 2.24) is 4.98 Å². The number of aryl methyl sites for hydroxylation is 1. The van der Waals surface area contributed by atoms with Crippen LogP contribution in [0.5, 0.6) is 0 Å². The summed E-state index contributed by atoms with van der Waals surface area (Å²) in [6, 6.07) is 6.05. The standard InChI is InChI=1S/C14H17N3/c1-11-2-3-12(10-15)13(16-11)17-8-6-14(4-5-14)7-9-17/h2-3H,4-9H2,1H3. The van der Waals surface area contributed by atoms with Crippen LogP contribution >= 0.6 is 0 Å². The van der Waals surface area contributed by atoms with Crippen LogP contribution in [-0.2, 0) is 0 Å². The molecule has 3 nitrogen and oxygen atoms in total. The second-order valence-corrected chi connectivity index (χ2v) is 5.42. The zero-order chi connectivity index (χ0) is 11.9. The van der Waals surface area contributed by atoms with E-state index >= 15 is 0 Å².